The van der Waals surface area contributed by atoms with Gasteiger partial charge < -0.3 is 19.2 Å². The second-order valence-corrected chi connectivity index (χ2v) is 1.80. The van der Waals surface area contributed by atoms with E-state index in [1.165, 1.54) is 0 Å². The van der Waals surface area contributed by atoms with Gasteiger partial charge in [0, 0.05) is 42.1 Å². The van der Waals surface area contributed by atoms with Crippen LogP contribution in [0, 0.1) is 0 Å². The van der Waals surface area contributed by atoms with Crippen molar-refractivity contribution in [3.8, 4) is 0 Å². The van der Waals surface area contributed by atoms with Crippen LogP contribution < -0.4 is 0 Å². The predicted octanol–water partition coefficient (Wildman–Crippen LogP) is -2.61. The molecule has 0 amide bonds. The van der Waals surface area contributed by atoms with Crippen LogP contribution in [0.5, 0.6) is 0 Å². The molecular formula is H4O4PdSiTi. The molecular weight excluding hydrogens is 246 g/mol. The van der Waals surface area contributed by atoms with Gasteiger partial charge in [0.15, 0.2) is 0 Å². The average Bonchev–Trinajstić information content (AvgIpc) is 0.722. The summed E-state index contributed by atoms with van der Waals surface area (Å²) in [4.78, 5) is 29.3. The third-order valence-corrected chi connectivity index (χ3v) is 0. The fourth-order valence-corrected chi connectivity index (χ4v) is 0. The van der Waals surface area contributed by atoms with Gasteiger partial charge >= 0.3 is 9.05 Å². The predicted molar refractivity (Wildman–Crippen MR) is 14.6 cm³/mol. The molecule has 0 atom stereocenters. The largest absolute Gasteiger partial charge is 0.668 e. The van der Waals surface area contributed by atoms with E-state index >= 15 is 0 Å². The van der Waals surface area contributed by atoms with Crippen LogP contribution in [0.4, 0.5) is 0 Å². The Morgan fingerprint density at radius 3 is 0.857 bits per heavy atom. The number of hydrogen-bond acceptors (Lipinski definition) is 4. The van der Waals surface area contributed by atoms with Crippen LogP contribution in [0.1, 0.15) is 0 Å². The van der Waals surface area contributed by atoms with Crippen molar-refractivity contribution in [3.63, 3.8) is 0 Å². The van der Waals surface area contributed by atoms with Crippen molar-refractivity contribution in [1.82, 2.24) is 0 Å². The molecule has 0 spiro atoms. The van der Waals surface area contributed by atoms with Crippen molar-refractivity contribution in [1.29, 1.82) is 0 Å². The van der Waals surface area contributed by atoms with Gasteiger partial charge in [0.2, 0.25) is 0 Å². The third kappa shape index (κ3) is 107. The Bertz CT molecular complexity index is 27.2. The van der Waals surface area contributed by atoms with Crippen molar-refractivity contribution in [2.45, 2.75) is 0 Å². The van der Waals surface area contributed by atoms with Crippen LogP contribution >= 0.6 is 0 Å². The summed E-state index contributed by atoms with van der Waals surface area (Å²) >= 11 is 0. The van der Waals surface area contributed by atoms with Crippen LogP contribution in [0.15, 0.2) is 0 Å². The van der Waals surface area contributed by atoms with E-state index in [0.717, 1.165) is 0 Å². The van der Waals surface area contributed by atoms with E-state index in [1.807, 2.05) is 0 Å². The molecule has 0 aromatic heterocycles. The molecule has 0 aliphatic rings. The first-order valence-corrected chi connectivity index (χ1v) is 2.68. The first kappa shape index (κ1) is 15.8. The number of rotatable bonds is 0. The molecule has 0 saturated heterocycles. The van der Waals surface area contributed by atoms with Gasteiger partial charge in [-0.1, -0.05) is 0 Å². The molecule has 7 heteroatoms. The molecule has 0 unspecified atom stereocenters. The maximum Gasteiger partial charge on any atom is 0.668 e. The minimum absolute atomic E-state index is 0. The first-order valence-electron chi connectivity index (χ1n) is 0.894. The summed E-state index contributed by atoms with van der Waals surface area (Å²) in [6, 6.07) is 0. The molecule has 0 bridgehead atoms. The summed E-state index contributed by atoms with van der Waals surface area (Å²) in [6.07, 6.45) is 0. The molecule has 0 aromatic rings. The maximum absolute atomic E-state index is 7.33. The SMILES string of the molecule is O[Si](O)(O)O.[Pd].[Ti]. The number of hydrogen-bond donors (Lipinski definition) is 4. The second-order valence-electron chi connectivity index (χ2n) is 0.600. The molecule has 0 radical (unpaired) electrons. The van der Waals surface area contributed by atoms with Gasteiger partial charge in [-0.15, -0.1) is 0 Å². The Hall–Kier alpha value is 1.43. The van der Waals surface area contributed by atoms with Gasteiger partial charge in [0.05, 0.1) is 0 Å². The van der Waals surface area contributed by atoms with Gasteiger partial charge in [-0.3, -0.25) is 0 Å². The van der Waals surface area contributed by atoms with Crippen LogP contribution in [0.3, 0.4) is 0 Å². The van der Waals surface area contributed by atoms with Crippen LogP contribution in [-0.2, 0) is 42.1 Å². The third-order valence-electron chi connectivity index (χ3n) is 0. The molecule has 0 heterocycles. The summed E-state index contributed by atoms with van der Waals surface area (Å²) in [5, 5.41) is 0. The Morgan fingerprint density at radius 1 is 0.857 bits per heavy atom. The Labute approximate surface area is 70.2 Å². The zero-order valence-electron chi connectivity index (χ0n) is 3.11. The van der Waals surface area contributed by atoms with Crippen LogP contribution in [-0.4, -0.2) is 28.2 Å². The molecule has 0 aliphatic carbocycles. The first-order chi connectivity index (χ1) is 2.00. The molecule has 0 fully saturated rings. The quantitative estimate of drug-likeness (QED) is 0.355. The van der Waals surface area contributed by atoms with Gasteiger partial charge in [-0.05, 0) is 0 Å². The molecule has 0 saturated carbocycles. The Kier molecular flexibility index (Phi) is 12.6. The van der Waals surface area contributed by atoms with Crippen molar-refractivity contribution >= 4 is 9.05 Å². The van der Waals surface area contributed by atoms with E-state index in [9.17, 15) is 0 Å². The molecule has 0 aliphatic heterocycles. The van der Waals surface area contributed by atoms with Gasteiger partial charge in [0.1, 0.15) is 0 Å². The molecule has 4 nitrogen and oxygen atoms in total. The van der Waals surface area contributed by atoms with E-state index in [-0.39, 0.29) is 42.1 Å². The minimum Gasteiger partial charge on any atom is -0.368 e. The minimum atomic E-state index is -4.61. The topological polar surface area (TPSA) is 80.9 Å². The molecule has 7 heavy (non-hydrogen) atoms. The average molecular weight is 250 g/mol. The van der Waals surface area contributed by atoms with Crippen molar-refractivity contribution in [2.75, 3.05) is 0 Å². The summed E-state index contributed by atoms with van der Waals surface area (Å²) in [7, 11) is -4.61. The molecule has 0 rings (SSSR count). The summed E-state index contributed by atoms with van der Waals surface area (Å²) in [5.41, 5.74) is 0. The molecule has 46 valence electrons. The van der Waals surface area contributed by atoms with Crippen LogP contribution in [0.25, 0.3) is 0 Å². The van der Waals surface area contributed by atoms with Crippen LogP contribution in [0.2, 0.25) is 0 Å². The standard InChI is InChI=1S/H4O4Si.Pd.Ti/c1-5(2,3)4;;/h1-4H;;. The van der Waals surface area contributed by atoms with E-state index in [0.29, 0.717) is 0 Å². The van der Waals surface area contributed by atoms with E-state index < -0.39 is 9.05 Å². The van der Waals surface area contributed by atoms with Crippen molar-refractivity contribution in [2.24, 2.45) is 0 Å². The molecule has 0 aromatic carbocycles. The van der Waals surface area contributed by atoms with Gasteiger partial charge in [0.25, 0.3) is 0 Å². The van der Waals surface area contributed by atoms with E-state index in [2.05, 4.69) is 0 Å². The molecule has 4 N–H and O–H groups in total. The Morgan fingerprint density at radius 2 is 0.857 bits per heavy atom. The van der Waals surface area contributed by atoms with Gasteiger partial charge in [-0.25, -0.2) is 0 Å². The van der Waals surface area contributed by atoms with Crippen molar-refractivity contribution in [3.05, 3.63) is 0 Å². The summed E-state index contributed by atoms with van der Waals surface area (Å²) in [5.74, 6) is 0. The Balaban J connectivity index is -0.0000000800. The fourth-order valence-electron chi connectivity index (χ4n) is 0. The maximum atomic E-state index is 7.33. The van der Waals surface area contributed by atoms with Gasteiger partial charge in [-0.2, -0.15) is 0 Å². The fraction of sp³-hybridized carbons (Fsp3) is 0. The van der Waals surface area contributed by atoms with E-state index in [4.69, 9.17) is 19.2 Å². The smallest absolute Gasteiger partial charge is 0.368 e. The second kappa shape index (κ2) is 5.57. The zero-order chi connectivity index (χ0) is 4.50. The summed E-state index contributed by atoms with van der Waals surface area (Å²) < 4.78 is 0. The summed E-state index contributed by atoms with van der Waals surface area (Å²) in [6.45, 7) is 0. The normalized spacial score (nSPS) is 8.57. The monoisotopic (exact) mass is 250 g/mol. The van der Waals surface area contributed by atoms with E-state index in [1.54, 1.807) is 0 Å². The van der Waals surface area contributed by atoms with Crippen molar-refractivity contribution < 1.29 is 61.3 Å². The zero-order valence-corrected chi connectivity index (χ0v) is 7.22.